The summed E-state index contributed by atoms with van der Waals surface area (Å²) in [6.45, 7) is 7.05. The van der Waals surface area contributed by atoms with E-state index >= 15 is 0 Å². The first kappa shape index (κ1) is 34.4. The van der Waals surface area contributed by atoms with Gasteiger partial charge in [0.05, 0.1) is 11.5 Å². The molecular formula is C31H51NO7. The van der Waals surface area contributed by atoms with E-state index in [0.717, 1.165) is 51.4 Å². The fraction of sp³-hybridized carbons (Fsp3) is 0.742. The Labute approximate surface area is 235 Å². The second-order valence-corrected chi connectivity index (χ2v) is 10.5. The van der Waals surface area contributed by atoms with Crippen LogP contribution in [0.2, 0.25) is 0 Å². The number of benzene rings is 1. The molecule has 8 heteroatoms. The van der Waals surface area contributed by atoms with Gasteiger partial charge in [0.2, 0.25) is 0 Å². The van der Waals surface area contributed by atoms with Crippen molar-refractivity contribution in [2.45, 2.75) is 136 Å². The van der Waals surface area contributed by atoms with Crippen LogP contribution in [0.25, 0.3) is 0 Å². The molecule has 0 bridgehead atoms. The van der Waals surface area contributed by atoms with Crippen molar-refractivity contribution < 1.29 is 28.7 Å². The molecule has 222 valence electrons. The molecule has 2 unspecified atom stereocenters. The van der Waals surface area contributed by atoms with E-state index in [-0.39, 0.29) is 23.5 Å². The van der Waals surface area contributed by atoms with Crippen molar-refractivity contribution >= 4 is 17.8 Å². The summed E-state index contributed by atoms with van der Waals surface area (Å²) in [7, 11) is 0. The van der Waals surface area contributed by atoms with Crippen molar-refractivity contribution in [1.82, 2.24) is 0 Å². The maximum absolute atomic E-state index is 12.4. The quantitative estimate of drug-likeness (QED) is 0.0440. The second-order valence-electron chi connectivity index (χ2n) is 10.5. The van der Waals surface area contributed by atoms with Crippen LogP contribution >= 0.6 is 0 Å². The zero-order valence-electron chi connectivity index (χ0n) is 24.5. The van der Waals surface area contributed by atoms with Gasteiger partial charge in [-0.1, -0.05) is 85.0 Å². The standard InChI is InChI=1S/C31H51NO7/c1-4-7-10-12-14-18-28(38-31(34)39-29-23-21-27(22-24-29)32(35)36)19-15-20-30(33)37-25-26(16-9-6-3)17-13-11-8-5-2/h21-24,26,28H,4-20,25H2,1-3H3. The predicted molar refractivity (Wildman–Crippen MR) is 154 cm³/mol. The summed E-state index contributed by atoms with van der Waals surface area (Å²) in [6.07, 6.45) is 15.8. The van der Waals surface area contributed by atoms with Gasteiger partial charge in [0.15, 0.2) is 0 Å². The first-order valence-electron chi connectivity index (χ1n) is 15.2. The lowest BCUT2D eigenvalue weighted by atomic mass is 9.96. The Hall–Kier alpha value is -2.64. The molecule has 1 aromatic carbocycles. The minimum Gasteiger partial charge on any atom is -0.465 e. The van der Waals surface area contributed by atoms with Crippen LogP contribution in [-0.4, -0.2) is 29.8 Å². The predicted octanol–water partition coefficient (Wildman–Crippen LogP) is 9.33. The third-order valence-corrected chi connectivity index (χ3v) is 6.96. The maximum atomic E-state index is 12.4. The smallest absolute Gasteiger partial charge is 0.465 e. The van der Waals surface area contributed by atoms with Crippen molar-refractivity contribution in [3.05, 3.63) is 34.4 Å². The van der Waals surface area contributed by atoms with E-state index in [4.69, 9.17) is 14.2 Å². The first-order chi connectivity index (χ1) is 18.9. The summed E-state index contributed by atoms with van der Waals surface area (Å²) in [5.74, 6) is 0.419. The summed E-state index contributed by atoms with van der Waals surface area (Å²) in [5, 5.41) is 10.8. The lowest BCUT2D eigenvalue weighted by Crippen LogP contribution is -2.22. The van der Waals surface area contributed by atoms with Gasteiger partial charge in [0, 0.05) is 18.6 Å². The van der Waals surface area contributed by atoms with Crippen LogP contribution in [0.1, 0.15) is 130 Å². The number of nitro groups is 1. The molecule has 0 aliphatic rings. The van der Waals surface area contributed by atoms with Gasteiger partial charge >= 0.3 is 12.1 Å². The zero-order chi connectivity index (χ0) is 28.7. The molecule has 0 radical (unpaired) electrons. The Morgan fingerprint density at radius 3 is 1.97 bits per heavy atom. The fourth-order valence-electron chi connectivity index (χ4n) is 4.55. The van der Waals surface area contributed by atoms with E-state index in [1.807, 2.05) is 0 Å². The van der Waals surface area contributed by atoms with E-state index in [1.165, 1.54) is 56.4 Å². The number of nitrogens with zero attached hydrogens (tertiary/aromatic N) is 1. The first-order valence-corrected chi connectivity index (χ1v) is 15.2. The molecule has 0 fully saturated rings. The van der Waals surface area contributed by atoms with Crippen molar-refractivity contribution in [2.24, 2.45) is 5.92 Å². The Morgan fingerprint density at radius 1 is 0.769 bits per heavy atom. The van der Waals surface area contributed by atoms with Gasteiger partial charge in [-0.15, -0.1) is 0 Å². The molecule has 8 nitrogen and oxygen atoms in total. The second kappa shape index (κ2) is 22.2. The maximum Gasteiger partial charge on any atom is 0.514 e. The van der Waals surface area contributed by atoms with Crippen molar-refractivity contribution in [3.8, 4) is 5.75 Å². The Balaban J connectivity index is 2.51. The average Bonchev–Trinajstić information content (AvgIpc) is 2.92. The highest BCUT2D eigenvalue weighted by Gasteiger charge is 2.18. The molecule has 0 spiro atoms. The third-order valence-electron chi connectivity index (χ3n) is 6.96. The van der Waals surface area contributed by atoms with Gasteiger partial charge < -0.3 is 14.2 Å². The molecule has 1 rings (SSSR count). The lowest BCUT2D eigenvalue weighted by Gasteiger charge is -2.18. The highest BCUT2D eigenvalue weighted by Crippen LogP contribution is 2.21. The third kappa shape index (κ3) is 17.5. The van der Waals surface area contributed by atoms with Crippen LogP contribution in [0.5, 0.6) is 5.75 Å². The van der Waals surface area contributed by atoms with E-state index in [0.29, 0.717) is 38.2 Å². The molecule has 0 aliphatic carbocycles. The van der Waals surface area contributed by atoms with E-state index < -0.39 is 11.1 Å². The van der Waals surface area contributed by atoms with Crippen molar-refractivity contribution in [2.75, 3.05) is 6.61 Å². The largest absolute Gasteiger partial charge is 0.514 e. The summed E-state index contributed by atoms with van der Waals surface area (Å²) in [5.41, 5.74) is -0.0827. The molecule has 0 saturated heterocycles. The number of hydrogen-bond acceptors (Lipinski definition) is 7. The van der Waals surface area contributed by atoms with Gasteiger partial charge in [0.25, 0.3) is 5.69 Å². The summed E-state index contributed by atoms with van der Waals surface area (Å²) < 4.78 is 16.4. The van der Waals surface area contributed by atoms with Crippen LogP contribution in [0.15, 0.2) is 24.3 Å². The van der Waals surface area contributed by atoms with Crippen molar-refractivity contribution in [1.29, 1.82) is 0 Å². The molecule has 0 amide bonds. The summed E-state index contributed by atoms with van der Waals surface area (Å²) >= 11 is 0. The number of esters is 1. The highest BCUT2D eigenvalue weighted by atomic mass is 16.7. The molecule has 39 heavy (non-hydrogen) atoms. The molecule has 2 atom stereocenters. The van der Waals surface area contributed by atoms with Gasteiger partial charge in [-0.05, 0) is 56.6 Å². The highest BCUT2D eigenvalue weighted by molar-refractivity contribution is 5.69. The fourth-order valence-corrected chi connectivity index (χ4v) is 4.55. The van der Waals surface area contributed by atoms with Gasteiger partial charge in [-0.3, -0.25) is 14.9 Å². The monoisotopic (exact) mass is 549 g/mol. The minimum absolute atomic E-state index is 0.0827. The van der Waals surface area contributed by atoms with E-state index in [9.17, 15) is 19.7 Å². The molecular weight excluding hydrogens is 498 g/mol. The minimum atomic E-state index is -0.841. The molecule has 1 aromatic rings. The number of carbonyl (C=O) groups is 2. The summed E-state index contributed by atoms with van der Waals surface area (Å²) in [4.78, 5) is 35.1. The Kier molecular flexibility index (Phi) is 19.6. The van der Waals surface area contributed by atoms with Crippen LogP contribution in [0.3, 0.4) is 0 Å². The zero-order valence-corrected chi connectivity index (χ0v) is 24.5. The van der Waals surface area contributed by atoms with Crippen LogP contribution in [0, 0.1) is 16.0 Å². The molecule has 0 N–H and O–H groups in total. The van der Waals surface area contributed by atoms with E-state index in [2.05, 4.69) is 20.8 Å². The molecule has 0 saturated carbocycles. The van der Waals surface area contributed by atoms with Gasteiger partial charge in [-0.25, -0.2) is 4.79 Å². The normalized spacial score (nSPS) is 12.5. The van der Waals surface area contributed by atoms with Gasteiger partial charge in [-0.2, -0.15) is 0 Å². The molecule has 0 aromatic heterocycles. The Morgan fingerprint density at radius 2 is 1.33 bits per heavy atom. The number of nitro benzene ring substituents is 1. The van der Waals surface area contributed by atoms with Gasteiger partial charge in [0.1, 0.15) is 11.9 Å². The summed E-state index contributed by atoms with van der Waals surface area (Å²) in [6, 6.07) is 5.29. The number of carbonyl (C=O) groups excluding carboxylic acids is 2. The number of unbranched alkanes of at least 4 members (excludes halogenated alkanes) is 8. The Bertz CT molecular complexity index is 797. The topological polar surface area (TPSA) is 105 Å². The number of hydrogen-bond donors (Lipinski definition) is 0. The van der Waals surface area contributed by atoms with Crippen molar-refractivity contribution in [3.63, 3.8) is 0 Å². The SMILES string of the molecule is CCCCCCCC(CCCC(=O)OCC(CCCC)CCCCCC)OC(=O)Oc1ccc([N+](=O)[O-])cc1. The lowest BCUT2D eigenvalue weighted by molar-refractivity contribution is -0.384. The number of non-ortho nitro benzene ring substituents is 1. The van der Waals surface area contributed by atoms with Crippen LogP contribution < -0.4 is 4.74 Å². The molecule has 0 heterocycles. The average molecular weight is 550 g/mol. The number of rotatable bonds is 23. The van der Waals surface area contributed by atoms with Crippen LogP contribution in [0.4, 0.5) is 10.5 Å². The van der Waals surface area contributed by atoms with Crippen LogP contribution in [-0.2, 0) is 14.3 Å². The number of ether oxygens (including phenoxy) is 3. The van der Waals surface area contributed by atoms with E-state index in [1.54, 1.807) is 0 Å². The molecule has 0 aliphatic heterocycles.